The van der Waals surface area contributed by atoms with Crippen LogP contribution in [0.2, 0.25) is 0 Å². The molecule has 0 radical (unpaired) electrons. The molecule has 260 valence electrons. The van der Waals surface area contributed by atoms with Gasteiger partial charge in [-0.3, -0.25) is 0 Å². The number of alkyl carbamates (subject to hydrolysis) is 2. The number of carbonyl (C=O) groups excluding carboxylic acids is 2. The summed E-state index contributed by atoms with van der Waals surface area (Å²) in [7, 11) is -4.14. The molecule has 0 spiro atoms. The molecule has 5 N–H and O–H groups in total. The number of fused-ring (bicyclic) bond motifs is 1. The number of nitrogen functional groups attached to an aromatic ring is 1. The van der Waals surface area contributed by atoms with Crippen molar-refractivity contribution in [1.29, 1.82) is 0 Å². The SMILES string of the molecule is CC(C)OC(=O)NCCC(C)(C)CN(C[C@@H](O)[C@H](Cc1ccccc1)NC(=O)O[C@H]1CO[C@H]2OCC[C@H]21)S(=O)(=O)c1ccc(N)cc1. The molecule has 14 heteroatoms. The molecule has 0 aliphatic carbocycles. The standard InChI is InChI=1S/C33H48N4O9S/c1-22(2)45-31(39)35-16-15-33(3,4)21-37(47(41,42)25-12-10-24(34)11-13-25)19-28(38)27(18-23-8-6-5-7-9-23)36-32(40)46-29-20-44-30-26(29)14-17-43-30/h5-13,22,26-30,38H,14-21,34H2,1-4H3,(H,35,39)(H,36,40)/t26-,27-,28+,29-,30+/m0/s1. The number of nitrogens with two attached hydrogens (primary N) is 1. The number of anilines is 1. The summed E-state index contributed by atoms with van der Waals surface area (Å²) in [6.07, 6.45) is -2.45. The molecule has 2 heterocycles. The van der Waals surface area contributed by atoms with E-state index in [0.29, 0.717) is 25.1 Å². The molecule has 2 aromatic rings. The summed E-state index contributed by atoms with van der Waals surface area (Å²) in [5.41, 5.74) is 6.42. The van der Waals surface area contributed by atoms with E-state index in [0.717, 1.165) is 5.56 Å². The first kappa shape index (κ1) is 36.4. The van der Waals surface area contributed by atoms with Crippen molar-refractivity contribution in [3.8, 4) is 0 Å². The Labute approximate surface area is 277 Å². The number of nitrogens with zero attached hydrogens (tertiary/aromatic N) is 1. The Bertz CT molecular complexity index is 1420. The van der Waals surface area contributed by atoms with Gasteiger partial charge >= 0.3 is 12.2 Å². The minimum atomic E-state index is -4.14. The van der Waals surface area contributed by atoms with E-state index in [1.54, 1.807) is 13.8 Å². The van der Waals surface area contributed by atoms with E-state index in [4.69, 9.17) is 24.7 Å². The molecule has 2 aromatic carbocycles. The minimum absolute atomic E-state index is 0.00264. The second kappa shape index (κ2) is 16.1. The number of aliphatic hydroxyl groups excluding tert-OH is 1. The molecule has 0 aromatic heterocycles. The van der Waals surface area contributed by atoms with E-state index in [1.165, 1.54) is 28.6 Å². The van der Waals surface area contributed by atoms with E-state index >= 15 is 0 Å². The molecule has 0 unspecified atom stereocenters. The number of amides is 2. The summed E-state index contributed by atoms with van der Waals surface area (Å²) in [6, 6.07) is 14.2. The molecule has 47 heavy (non-hydrogen) atoms. The van der Waals surface area contributed by atoms with Gasteiger partial charge in [0.05, 0.1) is 42.3 Å². The third-order valence-electron chi connectivity index (χ3n) is 8.24. The lowest BCUT2D eigenvalue weighted by atomic mass is 9.89. The molecule has 2 amide bonds. The number of benzene rings is 2. The largest absolute Gasteiger partial charge is 0.447 e. The second-order valence-corrected chi connectivity index (χ2v) is 15.1. The van der Waals surface area contributed by atoms with Crippen LogP contribution < -0.4 is 16.4 Å². The summed E-state index contributed by atoms with van der Waals surface area (Å²) in [6.45, 7) is 7.90. The Hall–Kier alpha value is -3.43. The number of sulfonamides is 1. The number of carbonyl (C=O) groups is 2. The molecule has 0 saturated carbocycles. The number of rotatable bonds is 15. The Morgan fingerprint density at radius 2 is 1.79 bits per heavy atom. The highest BCUT2D eigenvalue weighted by atomic mass is 32.2. The first-order valence-electron chi connectivity index (χ1n) is 16.0. The molecule has 2 saturated heterocycles. The third kappa shape index (κ3) is 10.5. The van der Waals surface area contributed by atoms with Crippen LogP contribution in [-0.4, -0.2) is 93.5 Å². The summed E-state index contributed by atoms with van der Waals surface area (Å²) in [5, 5.41) is 17.2. The topological polar surface area (TPSA) is 179 Å². The van der Waals surface area contributed by atoms with Gasteiger partial charge in [-0.25, -0.2) is 18.0 Å². The highest BCUT2D eigenvalue weighted by Gasteiger charge is 2.44. The zero-order valence-electron chi connectivity index (χ0n) is 27.5. The maximum atomic E-state index is 14.0. The Kier molecular flexibility index (Phi) is 12.5. The Morgan fingerprint density at radius 3 is 2.47 bits per heavy atom. The van der Waals surface area contributed by atoms with E-state index in [2.05, 4.69) is 10.6 Å². The lowest BCUT2D eigenvalue weighted by Gasteiger charge is -2.35. The average Bonchev–Trinajstić information content (AvgIpc) is 3.62. The summed E-state index contributed by atoms with van der Waals surface area (Å²) >= 11 is 0. The van der Waals surface area contributed by atoms with E-state index in [9.17, 15) is 23.1 Å². The van der Waals surface area contributed by atoms with Gasteiger partial charge in [-0.15, -0.1) is 0 Å². The molecular weight excluding hydrogens is 628 g/mol. The smallest absolute Gasteiger partial charge is 0.407 e. The zero-order chi connectivity index (χ0) is 34.2. The van der Waals surface area contributed by atoms with E-state index in [1.807, 2.05) is 44.2 Å². The molecular formula is C33H48N4O9S. The van der Waals surface area contributed by atoms with Gasteiger partial charge in [0.2, 0.25) is 10.0 Å². The molecule has 2 fully saturated rings. The normalized spacial score (nSPS) is 20.9. The van der Waals surface area contributed by atoms with Gasteiger partial charge in [0, 0.05) is 25.3 Å². The predicted molar refractivity (Wildman–Crippen MR) is 175 cm³/mol. The summed E-state index contributed by atoms with van der Waals surface area (Å²) in [4.78, 5) is 25.2. The first-order chi connectivity index (χ1) is 22.2. The summed E-state index contributed by atoms with van der Waals surface area (Å²) in [5.74, 6) is -0.0669. The fourth-order valence-corrected chi connectivity index (χ4v) is 7.36. The number of hydrogen-bond acceptors (Lipinski definition) is 10. The second-order valence-electron chi connectivity index (χ2n) is 13.1. The van der Waals surface area contributed by atoms with Gasteiger partial charge in [-0.2, -0.15) is 4.31 Å². The maximum Gasteiger partial charge on any atom is 0.407 e. The fraction of sp³-hybridized carbons (Fsp3) is 0.576. The Balaban J connectivity index is 1.53. The lowest BCUT2D eigenvalue weighted by molar-refractivity contribution is -0.0907. The van der Waals surface area contributed by atoms with Crippen molar-refractivity contribution in [3.05, 3.63) is 60.2 Å². The van der Waals surface area contributed by atoms with Crippen LogP contribution in [0.25, 0.3) is 0 Å². The van der Waals surface area contributed by atoms with Crippen LogP contribution in [-0.2, 0) is 35.4 Å². The van der Waals surface area contributed by atoms with Gasteiger partial charge in [0.1, 0.15) is 6.10 Å². The average molecular weight is 677 g/mol. The van der Waals surface area contributed by atoms with Gasteiger partial charge in [-0.05, 0) is 68.4 Å². The highest BCUT2D eigenvalue weighted by molar-refractivity contribution is 7.89. The third-order valence-corrected chi connectivity index (χ3v) is 10.1. The molecule has 5 atom stereocenters. The fourth-order valence-electron chi connectivity index (χ4n) is 5.71. The maximum absolute atomic E-state index is 14.0. The predicted octanol–water partition coefficient (Wildman–Crippen LogP) is 3.27. The molecule has 0 bridgehead atoms. The van der Waals surface area contributed by atoms with Gasteiger partial charge < -0.3 is 40.4 Å². The lowest BCUT2D eigenvalue weighted by Crippen LogP contribution is -2.52. The van der Waals surface area contributed by atoms with Crippen molar-refractivity contribution < 1.29 is 42.1 Å². The van der Waals surface area contributed by atoms with Crippen LogP contribution in [0.1, 0.15) is 46.1 Å². The van der Waals surface area contributed by atoms with E-state index in [-0.39, 0.29) is 49.6 Å². The van der Waals surface area contributed by atoms with Crippen LogP contribution in [0.3, 0.4) is 0 Å². The van der Waals surface area contributed by atoms with Gasteiger partial charge in [0.25, 0.3) is 0 Å². The van der Waals surface area contributed by atoms with Crippen LogP contribution in [0, 0.1) is 11.3 Å². The number of aliphatic hydroxyl groups is 1. The van der Waals surface area contributed by atoms with Crippen LogP contribution in [0.4, 0.5) is 15.3 Å². The number of ether oxygens (including phenoxy) is 4. The van der Waals surface area contributed by atoms with Crippen LogP contribution in [0.15, 0.2) is 59.5 Å². The molecule has 4 rings (SSSR count). The molecule has 2 aliphatic heterocycles. The van der Waals surface area contributed by atoms with Crippen molar-refractivity contribution in [3.63, 3.8) is 0 Å². The van der Waals surface area contributed by atoms with Crippen LogP contribution >= 0.6 is 0 Å². The van der Waals surface area contributed by atoms with Crippen molar-refractivity contribution in [2.24, 2.45) is 11.3 Å². The summed E-state index contributed by atoms with van der Waals surface area (Å²) < 4.78 is 51.3. The molecule has 2 aliphatic rings. The van der Waals surface area contributed by atoms with Crippen molar-refractivity contribution in [2.45, 2.75) is 82.5 Å². The minimum Gasteiger partial charge on any atom is -0.447 e. The van der Waals surface area contributed by atoms with Crippen LogP contribution in [0.5, 0.6) is 0 Å². The van der Waals surface area contributed by atoms with Crippen molar-refractivity contribution >= 4 is 27.9 Å². The van der Waals surface area contributed by atoms with Gasteiger partial charge in [0.15, 0.2) is 6.29 Å². The van der Waals surface area contributed by atoms with Gasteiger partial charge in [-0.1, -0.05) is 44.2 Å². The van der Waals surface area contributed by atoms with Crippen molar-refractivity contribution in [2.75, 3.05) is 38.6 Å². The monoisotopic (exact) mass is 676 g/mol. The molecule has 13 nitrogen and oxygen atoms in total. The quantitative estimate of drug-likeness (QED) is 0.205. The number of nitrogens with one attached hydrogen (secondary N) is 2. The zero-order valence-corrected chi connectivity index (χ0v) is 28.3. The van der Waals surface area contributed by atoms with E-state index < -0.39 is 52.2 Å². The number of hydrogen-bond donors (Lipinski definition) is 4. The first-order valence-corrected chi connectivity index (χ1v) is 17.4. The van der Waals surface area contributed by atoms with Crippen molar-refractivity contribution in [1.82, 2.24) is 14.9 Å². The Morgan fingerprint density at radius 1 is 1.09 bits per heavy atom. The highest BCUT2D eigenvalue weighted by Crippen LogP contribution is 2.33.